The molecule has 0 aliphatic rings. The predicted octanol–water partition coefficient (Wildman–Crippen LogP) is 4.98. The normalized spacial score (nSPS) is 10.7. The first-order valence-electron chi connectivity index (χ1n) is 6.84. The first-order chi connectivity index (χ1) is 10.9. The van der Waals surface area contributed by atoms with Crippen molar-refractivity contribution in [2.24, 2.45) is 10.2 Å². The van der Waals surface area contributed by atoms with E-state index < -0.39 is 0 Å². The molecule has 0 amide bonds. The number of benzene rings is 2. The summed E-state index contributed by atoms with van der Waals surface area (Å²) < 4.78 is 0. The highest BCUT2D eigenvalue weighted by Crippen LogP contribution is 2.25. The van der Waals surface area contributed by atoms with Crippen LogP contribution in [-0.2, 0) is 0 Å². The van der Waals surface area contributed by atoms with Crippen molar-refractivity contribution in [3.63, 3.8) is 0 Å². The second-order valence-corrected chi connectivity index (χ2v) is 4.64. The van der Waals surface area contributed by atoms with Gasteiger partial charge in [-0.15, -0.1) is 0 Å². The highest BCUT2D eigenvalue weighted by molar-refractivity contribution is 5.85. The van der Waals surface area contributed by atoms with Crippen LogP contribution in [0.3, 0.4) is 0 Å². The van der Waals surface area contributed by atoms with E-state index in [1.165, 1.54) is 0 Å². The van der Waals surface area contributed by atoms with Gasteiger partial charge in [0.1, 0.15) is 5.69 Å². The van der Waals surface area contributed by atoms with Gasteiger partial charge in [0.05, 0.1) is 11.4 Å². The van der Waals surface area contributed by atoms with E-state index in [9.17, 15) is 4.79 Å². The first kappa shape index (κ1) is 13.8. The van der Waals surface area contributed by atoms with Gasteiger partial charge in [-0.05, 0) is 35.9 Å². The summed E-state index contributed by atoms with van der Waals surface area (Å²) in [7, 11) is 0. The molecule has 0 bridgehead atoms. The van der Waals surface area contributed by atoms with Crippen molar-refractivity contribution in [2.45, 2.75) is 0 Å². The number of carbonyl (C=O) groups is 1. The van der Waals surface area contributed by atoms with Crippen molar-refractivity contribution >= 4 is 17.7 Å². The fourth-order valence-corrected chi connectivity index (χ4v) is 2.07. The molecule has 0 fully saturated rings. The number of carbonyl (C=O) groups excluding carboxylic acids is 1. The third kappa shape index (κ3) is 3.12. The Labute approximate surface area is 128 Å². The monoisotopic (exact) mass is 287 g/mol. The lowest BCUT2D eigenvalue weighted by atomic mass is 10.0. The average molecular weight is 287 g/mol. The minimum Gasteiger partial charge on any atom is -0.296 e. The summed E-state index contributed by atoms with van der Waals surface area (Å²) in [6, 6.07) is 20.8. The zero-order chi connectivity index (χ0) is 15.2. The second-order valence-electron chi connectivity index (χ2n) is 4.64. The van der Waals surface area contributed by atoms with E-state index in [2.05, 4.69) is 15.2 Å². The molecule has 3 aromatic rings. The van der Waals surface area contributed by atoms with Gasteiger partial charge in [-0.3, -0.25) is 9.78 Å². The maximum absolute atomic E-state index is 11.0. The molecular formula is C18H13N3O. The molecule has 1 heterocycles. The lowest BCUT2D eigenvalue weighted by Gasteiger charge is -2.03. The van der Waals surface area contributed by atoms with Crippen LogP contribution in [0.2, 0.25) is 0 Å². The van der Waals surface area contributed by atoms with Crippen LogP contribution in [0.4, 0.5) is 11.4 Å². The standard InChI is InChI=1S/C18H13N3O/c22-13-18-17(7-4-12-19-18)14-8-10-16(11-9-14)21-20-15-5-2-1-3-6-15/h1-13H. The molecule has 0 N–H and O–H groups in total. The summed E-state index contributed by atoms with van der Waals surface area (Å²) in [5.74, 6) is 0. The molecule has 4 nitrogen and oxygen atoms in total. The largest absolute Gasteiger partial charge is 0.296 e. The summed E-state index contributed by atoms with van der Waals surface area (Å²) in [5.41, 5.74) is 3.73. The zero-order valence-electron chi connectivity index (χ0n) is 11.8. The van der Waals surface area contributed by atoms with Crippen molar-refractivity contribution in [1.29, 1.82) is 0 Å². The third-order valence-electron chi connectivity index (χ3n) is 3.17. The number of azo groups is 1. The van der Waals surface area contributed by atoms with Crippen LogP contribution in [0.1, 0.15) is 10.5 Å². The van der Waals surface area contributed by atoms with Gasteiger partial charge < -0.3 is 0 Å². The lowest BCUT2D eigenvalue weighted by Crippen LogP contribution is -1.90. The van der Waals surface area contributed by atoms with Crippen molar-refractivity contribution < 1.29 is 4.79 Å². The molecule has 4 heteroatoms. The van der Waals surface area contributed by atoms with Crippen molar-refractivity contribution in [3.8, 4) is 11.1 Å². The molecule has 106 valence electrons. The van der Waals surface area contributed by atoms with Gasteiger partial charge in [-0.2, -0.15) is 10.2 Å². The summed E-state index contributed by atoms with van der Waals surface area (Å²) in [4.78, 5) is 15.1. The van der Waals surface area contributed by atoms with Gasteiger partial charge in [0, 0.05) is 11.8 Å². The Balaban J connectivity index is 1.84. The topological polar surface area (TPSA) is 54.7 Å². The number of aldehydes is 1. The molecule has 0 aliphatic carbocycles. The predicted molar refractivity (Wildman–Crippen MR) is 85.7 cm³/mol. The Bertz CT molecular complexity index is 796. The maximum Gasteiger partial charge on any atom is 0.169 e. The summed E-state index contributed by atoms with van der Waals surface area (Å²) in [6.07, 6.45) is 2.37. The number of hydrogen-bond donors (Lipinski definition) is 0. The molecule has 0 saturated carbocycles. The Morgan fingerprint density at radius 2 is 1.45 bits per heavy atom. The fraction of sp³-hybridized carbons (Fsp3) is 0. The summed E-state index contributed by atoms with van der Waals surface area (Å²) in [6.45, 7) is 0. The van der Waals surface area contributed by atoms with Gasteiger partial charge in [0.2, 0.25) is 0 Å². The van der Waals surface area contributed by atoms with Crippen LogP contribution in [0.25, 0.3) is 11.1 Å². The molecule has 0 unspecified atom stereocenters. The number of hydrogen-bond acceptors (Lipinski definition) is 4. The smallest absolute Gasteiger partial charge is 0.169 e. The highest BCUT2D eigenvalue weighted by Gasteiger charge is 2.04. The maximum atomic E-state index is 11.0. The van der Waals surface area contributed by atoms with Crippen molar-refractivity contribution in [1.82, 2.24) is 4.98 Å². The van der Waals surface area contributed by atoms with Crippen LogP contribution >= 0.6 is 0 Å². The van der Waals surface area contributed by atoms with Gasteiger partial charge >= 0.3 is 0 Å². The number of aromatic nitrogens is 1. The lowest BCUT2D eigenvalue weighted by molar-refractivity contribution is 0.111. The molecule has 0 spiro atoms. The number of pyridine rings is 1. The Morgan fingerprint density at radius 3 is 2.14 bits per heavy atom. The molecule has 3 rings (SSSR count). The van der Waals surface area contributed by atoms with Gasteiger partial charge in [-0.25, -0.2) is 0 Å². The van der Waals surface area contributed by atoms with E-state index >= 15 is 0 Å². The molecule has 0 saturated heterocycles. The molecule has 1 aromatic heterocycles. The fourth-order valence-electron chi connectivity index (χ4n) is 2.07. The molecule has 0 radical (unpaired) electrons. The molecule has 22 heavy (non-hydrogen) atoms. The Kier molecular flexibility index (Phi) is 4.11. The van der Waals surface area contributed by atoms with Crippen molar-refractivity contribution in [2.75, 3.05) is 0 Å². The highest BCUT2D eigenvalue weighted by atomic mass is 16.1. The van der Waals surface area contributed by atoms with E-state index in [0.29, 0.717) is 5.69 Å². The van der Waals surface area contributed by atoms with Crippen molar-refractivity contribution in [3.05, 3.63) is 78.6 Å². The third-order valence-corrected chi connectivity index (χ3v) is 3.17. The molecule has 0 aliphatic heterocycles. The van der Waals surface area contributed by atoms with Crippen LogP contribution in [0.15, 0.2) is 83.2 Å². The van der Waals surface area contributed by atoms with Crippen LogP contribution in [-0.4, -0.2) is 11.3 Å². The van der Waals surface area contributed by atoms with Gasteiger partial charge in [0.15, 0.2) is 6.29 Å². The van der Waals surface area contributed by atoms with E-state index in [0.717, 1.165) is 28.8 Å². The van der Waals surface area contributed by atoms with Gasteiger partial charge in [-0.1, -0.05) is 36.4 Å². The summed E-state index contributed by atoms with van der Waals surface area (Å²) >= 11 is 0. The Hall–Kier alpha value is -3.14. The molecule has 2 aromatic carbocycles. The Morgan fingerprint density at radius 1 is 0.773 bits per heavy atom. The zero-order valence-corrected chi connectivity index (χ0v) is 11.8. The van der Waals surface area contributed by atoms with Crippen LogP contribution < -0.4 is 0 Å². The van der Waals surface area contributed by atoms with E-state index in [1.54, 1.807) is 6.20 Å². The summed E-state index contributed by atoms with van der Waals surface area (Å²) in [5, 5.41) is 8.36. The van der Waals surface area contributed by atoms with Crippen LogP contribution in [0, 0.1) is 0 Å². The van der Waals surface area contributed by atoms with E-state index in [4.69, 9.17) is 0 Å². The minimum absolute atomic E-state index is 0.432. The van der Waals surface area contributed by atoms with E-state index in [1.807, 2.05) is 66.7 Å². The molecule has 0 atom stereocenters. The quantitative estimate of drug-likeness (QED) is 0.502. The second kappa shape index (κ2) is 6.54. The molecular weight excluding hydrogens is 274 g/mol. The van der Waals surface area contributed by atoms with Crippen LogP contribution in [0.5, 0.6) is 0 Å². The van der Waals surface area contributed by atoms with Gasteiger partial charge in [0.25, 0.3) is 0 Å². The first-order valence-corrected chi connectivity index (χ1v) is 6.84. The SMILES string of the molecule is O=Cc1ncccc1-c1ccc(N=Nc2ccccc2)cc1. The minimum atomic E-state index is 0.432. The number of nitrogens with zero attached hydrogens (tertiary/aromatic N) is 3. The average Bonchev–Trinajstić information content (AvgIpc) is 2.61. The van der Waals surface area contributed by atoms with E-state index in [-0.39, 0.29) is 0 Å². The number of rotatable bonds is 4.